The summed E-state index contributed by atoms with van der Waals surface area (Å²) in [5.74, 6) is 0.560. The van der Waals surface area contributed by atoms with Crippen molar-refractivity contribution in [3.8, 4) is 0 Å². The Labute approximate surface area is 45.4 Å². The van der Waals surface area contributed by atoms with Crippen molar-refractivity contribution in [2.24, 2.45) is 5.92 Å². The van der Waals surface area contributed by atoms with E-state index < -0.39 is 0 Å². The number of carbonyl (C=O) groups is 1. The number of rotatable bonds is 3. The van der Waals surface area contributed by atoms with E-state index in [1.165, 1.54) is 0 Å². The molecule has 0 unspecified atom stereocenters. The average molecular weight is 103 g/mol. The van der Waals surface area contributed by atoms with Crippen LogP contribution in [0.15, 0.2) is 0 Å². The molecule has 0 atom stereocenters. The summed E-state index contributed by atoms with van der Waals surface area (Å²) in [6.45, 7) is 4.89. The highest BCUT2D eigenvalue weighted by Crippen LogP contribution is 1.84. The van der Waals surface area contributed by atoms with E-state index in [4.69, 9.17) is 0 Å². The fourth-order valence-corrected chi connectivity index (χ4v) is 0.284. The molecule has 0 bridgehead atoms. The van der Waals surface area contributed by atoms with Gasteiger partial charge in [0, 0.05) is 7.97 Å². The molecular formula is C5H13NO. The van der Waals surface area contributed by atoms with E-state index >= 15 is 0 Å². The van der Waals surface area contributed by atoms with Crippen molar-refractivity contribution in [2.75, 3.05) is 6.54 Å². The number of hydrogen-bond acceptors (Lipinski definition) is 1. The maximum Gasteiger partial charge on any atom is 0.207 e. The van der Waals surface area contributed by atoms with Gasteiger partial charge in [-0.05, 0) is 5.92 Å². The highest BCUT2D eigenvalue weighted by Gasteiger charge is 1.86. The Bertz CT molecular complexity index is 56.4. The van der Waals surface area contributed by atoms with Gasteiger partial charge in [-0.15, -0.1) is 0 Å². The molecule has 1 amide bonds. The molecule has 0 aliphatic carbocycles. The van der Waals surface area contributed by atoms with Gasteiger partial charge < -0.3 is 5.32 Å². The summed E-state index contributed by atoms with van der Waals surface area (Å²) in [6, 6.07) is 0. The van der Waals surface area contributed by atoms with Gasteiger partial charge in [0.15, 0.2) is 0 Å². The molecular weight excluding hydrogens is 90.1 g/mol. The van der Waals surface area contributed by atoms with E-state index in [9.17, 15) is 4.79 Å². The van der Waals surface area contributed by atoms with Crippen molar-refractivity contribution in [3.05, 3.63) is 0 Å². The molecule has 0 aromatic carbocycles. The Morgan fingerprint density at radius 1 is 1.86 bits per heavy atom. The highest BCUT2D eigenvalue weighted by molar-refractivity contribution is 5.45. The molecule has 0 heterocycles. The van der Waals surface area contributed by atoms with Gasteiger partial charge in [-0.1, -0.05) is 13.8 Å². The van der Waals surface area contributed by atoms with Gasteiger partial charge in [-0.25, -0.2) is 0 Å². The first kappa shape index (κ1) is 6.47. The third kappa shape index (κ3) is 5.47. The van der Waals surface area contributed by atoms with E-state index in [1.54, 1.807) is 0 Å². The average Bonchev–Trinajstić information content (AvgIpc) is 1.61. The van der Waals surface area contributed by atoms with Crippen LogP contribution < -0.4 is 5.32 Å². The summed E-state index contributed by atoms with van der Waals surface area (Å²) in [5, 5.41) is 2.57. The Hall–Kier alpha value is -0.530. The van der Waals surface area contributed by atoms with Crippen LogP contribution in [0.2, 0.25) is 0 Å². The monoisotopic (exact) mass is 103 g/mol. The zero-order valence-corrected chi connectivity index (χ0v) is 4.77. The SMILES string of the molecule is CC(C)CNC=O.[HH]. The summed E-state index contributed by atoms with van der Waals surface area (Å²) in [4.78, 5) is 9.60. The minimum Gasteiger partial charge on any atom is -0.358 e. The Balaban J connectivity index is 0. The van der Waals surface area contributed by atoms with E-state index in [0.717, 1.165) is 13.0 Å². The summed E-state index contributed by atoms with van der Waals surface area (Å²) in [5.41, 5.74) is 0. The minimum atomic E-state index is 0. The van der Waals surface area contributed by atoms with E-state index in [2.05, 4.69) is 19.2 Å². The van der Waals surface area contributed by atoms with Crippen molar-refractivity contribution < 1.29 is 6.22 Å². The molecule has 0 aliphatic rings. The molecule has 0 rings (SSSR count). The van der Waals surface area contributed by atoms with Gasteiger partial charge in [0.2, 0.25) is 6.41 Å². The Morgan fingerprint density at radius 2 is 2.43 bits per heavy atom. The lowest BCUT2D eigenvalue weighted by atomic mass is 10.2. The zero-order valence-electron chi connectivity index (χ0n) is 4.77. The van der Waals surface area contributed by atoms with Crippen molar-refractivity contribution in [1.29, 1.82) is 0 Å². The standard InChI is InChI=1S/C5H11NO.H2/c1-5(2)3-6-4-7;/h4-5H,3H2,1-2H3,(H,6,7);1H. The van der Waals surface area contributed by atoms with Crippen LogP contribution in [-0.2, 0) is 4.79 Å². The second-order valence-electron chi connectivity index (χ2n) is 1.92. The molecule has 44 valence electrons. The smallest absolute Gasteiger partial charge is 0.207 e. The van der Waals surface area contributed by atoms with E-state index in [1.807, 2.05) is 0 Å². The van der Waals surface area contributed by atoms with Crippen LogP contribution in [0.5, 0.6) is 0 Å². The van der Waals surface area contributed by atoms with Gasteiger partial charge in [-0.2, -0.15) is 0 Å². The summed E-state index contributed by atoms with van der Waals surface area (Å²) in [7, 11) is 0. The van der Waals surface area contributed by atoms with E-state index in [-0.39, 0.29) is 1.43 Å². The first-order valence-corrected chi connectivity index (χ1v) is 2.44. The molecule has 0 saturated heterocycles. The van der Waals surface area contributed by atoms with Crippen LogP contribution in [0.25, 0.3) is 0 Å². The molecule has 2 nitrogen and oxygen atoms in total. The Morgan fingerprint density at radius 3 is 2.57 bits per heavy atom. The maximum absolute atomic E-state index is 9.60. The third-order valence-electron chi connectivity index (χ3n) is 0.609. The van der Waals surface area contributed by atoms with Gasteiger partial charge >= 0.3 is 0 Å². The third-order valence-corrected chi connectivity index (χ3v) is 0.609. The van der Waals surface area contributed by atoms with Crippen LogP contribution in [-0.4, -0.2) is 13.0 Å². The van der Waals surface area contributed by atoms with Crippen molar-refractivity contribution in [3.63, 3.8) is 0 Å². The molecule has 1 N–H and O–H groups in total. The van der Waals surface area contributed by atoms with E-state index in [0.29, 0.717) is 5.92 Å². The first-order valence-electron chi connectivity index (χ1n) is 2.44. The molecule has 7 heavy (non-hydrogen) atoms. The predicted octanol–water partition coefficient (Wildman–Crippen LogP) is 0.634. The maximum atomic E-state index is 9.60. The Kier molecular flexibility index (Phi) is 3.38. The second kappa shape index (κ2) is 3.65. The van der Waals surface area contributed by atoms with Gasteiger partial charge in [-0.3, -0.25) is 4.79 Å². The van der Waals surface area contributed by atoms with Crippen LogP contribution >= 0.6 is 0 Å². The minimum absolute atomic E-state index is 0. The summed E-state index contributed by atoms with van der Waals surface area (Å²) < 4.78 is 0. The molecule has 0 spiro atoms. The highest BCUT2D eigenvalue weighted by atomic mass is 16.1. The quantitative estimate of drug-likeness (QED) is 0.522. The molecule has 0 aromatic rings. The summed E-state index contributed by atoms with van der Waals surface area (Å²) in [6.07, 6.45) is 0.722. The molecule has 0 saturated carbocycles. The first-order chi connectivity index (χ1) is 3.27. The lowest BCUT2D eigenvalue weighted by Gasteiger charge is -1.98. The largest absolute Gasteiger partial charge is 0.358 e. The molecule has 2 heteroatoms. The molecule has 0 aromatic heterocycles. The lowest BCUT2D eigenvalue weighted by Crippen LogP contribution is -2.16. The fourth-order valence-electron chi connectivity index (χ4n) is 0.284. The number of carbonyl (C=O) groups excluding carboxylic acids is 1. The lowest BCUT2D eigenvalue weighted by molar-refractivity contribution is -0.109. The number of amides is 1. The van der Waals surface area contributed by atoms with Crippen molar-refractivity contribution in [2.45, 2.75) is 13.8 Å². The van der Waals surface area contributed by atoms with Gasteiger partial charge in [0.25, 0.3) is 0 Å². The number of hydrogen-bond donors (Lipinski definition) is 1. The van der Waals surface area contributed by atoms with Gasteiger partial charge in [0.05, 0.1) is 0 Å². The molecule has 0 radical (unpaired) electrons. The predicted molar refractivity (Wildman–Crippen MR) is 31.0 cm³/mol. The van der Waals surface area contributed by atoms with Crippen LogP contribution in [0.3, 0.4) is 0 Å². The normalized spacial score (nSPS) is 9.00. The van der Waals surface area contributed by atoms with Gasteiger partial charge in [0.1, 0.15) is 0 Å². The molecule has 0 fully saturated rings. The van der Waals surface area contributed by atoms with Crippen molar-refractivity contribution >= 4 is 6.41 Å². The topological polar surface area (TPSA) is 29.1 Å². The van der Waals surface area contributed by atoms with Crippen LogP contribution in [0.1, 0.15) is 15.3 Å². The molecule has 0 aliphatic heterocycles. The van der Waals surface area contributed by atoms with Crippen molar-refractivity contribution in [1.82, 2.24) is 5.32 Å². The van der Waals surface area contributed by atoms with Crippen LogP contribution in [0.4, 0.5) is 0 Å². The zero-order chi connectivity index (χ0) is 5.70. The van der Waals surface area contributed by atoms with Crippen LogP contribution in [0, 0.1) is 5.92 Å². The summed E-state index contributed by atoms with van der Waals surface area (Å²) >= 11 is 0. The second-order valence-corrected chi connectivity index (χ2v) is 1.92. The number of nitrogens with one attached hydrogen (secondary N) is 1. The fraction of sp³-hybridized carbons (Fsp3) is 0.800.